The Morgan fingerprint density at radius 2 is 1.61 bits per heavy atom. The third-order valence-corrected chi connectivity index (χ3v) is 7.83. The van der Waals surface area contributed by atoms with E-state index in [0.29, 0.717) is 36.5 Å². The first-order valence-corrected chi connectivity index (χ1v) is 14.7. The molecule has 0 aliphatic carbocycles. The van der Waals surface area contributed by atoms with E-state index >= 15 is 0 Å². The number of hydrogen-bond acceptors (Lipinski definition) is 9. The van der Waals surface area contributed by atoms with Crippen LogP contribution in [0.4, 0.5) is 0 Å². The number of aliphatic hydroxyl groups excluding tert-OH is 2. The van der Waals surface area contributed by atoms with E-state index in [1.165, 1.54) is 6.42 Å². The van der Waals surface area contributed by atoms with Gasteiger partial charge in [-0.2, -0.15) is 0 Å². The number of carbonyl (C=O) groups excluding carboxylic acids is 3. The fraction of sp³-hybridized carbons (Fsp3) is 0.893. The lowest BCUT2D eigenvalue weighted by Crippen LogP contribution is -2.47. The molecule has 6 atom stereocenters. The van der Waals surface area contributed by atoms with Crippen LogP contribution in [0.2, 0.25) is 0 Å². The zero-order valence-electron chi connectivity index (χ0n) is 23.2. The summed E-state index contributed by atoms with van der Waals surface area (Å²) in [6, 6.07) is 0. The number of ether oxygens (including phenoxy) is 2. The van der Waals surface area contributed by atoms with E-state index in [-0.39, 0.29) is 31.5 Å². The van der Waals surface area contributed by atoms with Crippen molar-refractivity contribution in [1.82, 2.24) is 9.96 Å². The number of imide groups is 1. The van der Waals surface area contributed by atoms with Crippen molar-refractivity contribution in [1.29, 1.82) is 0 Å². The largest absolute Gasteiger partial charge is 0.390 e. The SMILES string of the molecule is C[C@@H]1C[C@H](O)[C@H](O)[C@@H](CCCN(CCCCCC(=O)ON2C(=O)CCC2=O)CCC[C@H]2CCC[C@H](C)O2)O1. The van der Waals surface area contributed by atoms with Crippen LogP contribution in [0.1, 0.15) is 104 Å². The van der Waals surface area contributed by atoms with Crippen LogP contribution in [0, 0.1) is 0 Å². The maximum atomic E-state index is 12.0. The Bertz CT molecular complexity index is 749. The molecule has 3 aliphatic rings. The molecule has 38 heavy (non-hydrogen) atoms. The topological polar surface area (TPSA) is 126 Å². The van der Waals surface area contributed by atoms with Crippen LogP contribution in [-0.4, -0.2) is 94.2 Å². The Kier molecular flexibility index (Phi) is 12.9. The number of hydrogen-bond donors (Lipinski definition) is 2. The first-order chi connectivity index (χ1) is 18.2. The molecule has 3 rings (SSSR count). The summed E-state index contributed by atoms with van der Waals surface area (Å²) >= 11 is 0. The summed E-state index contributed by atoms with van der Waals surface area (Å²) in [4.78, 5) is 42.6. The lowest BCUT2D eigenvalue weighted by atomic mass is 9.95. The molecular weight excluding hydrogens is 492 g/mol. The van der Waals surface area contributed by atoms with Crippen LogP contribution in [0.15, 0.2) is 0 Å². The van der Waals surface area contributed by atoms with Gasteiger partial charge in [-0.25, -0.2) is 4.79 Å². The van der Waals surface area contributed by atoms with Crippen LogP contribution in [0.3, 0.4) is 0 Å². The highest BCUT2D eigenvalue weighted by molar-refractivity contribution is 6.01. The first-order valence-electron chi connectivity index (χ1n) is 14.7. The van der Waals surface area contributed by atoms with E-state index in [2.05, 4.69) is 11.8 Å². The summed E-state index contributed by atoms with van der Waals surface area (Å²) in [6.45, 7) is 6.81. The Hall–Kier alpha value is -1.59. The van der Waals surface area contributed by atoms with Gasteiger partial charge in [0.1, 0.15) is 6.10 Å². The summed E-state index contributed by atoms with van der Waals surface area (Å²) in [6.07, 6.45) is 9.11. The summed E-state index contributed by atoms with van der Waals surface area (Å²) in [5, 5.41) is 21.0. The van der Waals surface area contributed by atoms with Gasteiger partial charge in [0.2, 0.25) is 0 Å². The van der Waals surface area contributed by atoms with Gasteiger partial charge >= 0.3 is 5.97 Å². The molecule has 10 heteroatoms. The van der Waals surface area contributed by atoms with Gasteiger partial charge in [0.05, 0.1) is 30.5 Å². The van der Waals surface area contributed by atoms with Crippen LogP contribution in [-0.2, 0) is 28.7 Å². The van der Waals surface area contributed by atoms with Crippen molar-refractivity contribution in [3.8, 4) is 0 Å². The predicted molar refractivity (Wildman–Crippen MR) is 140 cm³/mol. The molecule has 2 N–H and O–H groups in total. The van der Waals surface area contributed by atoms with Gasteiger partial charge in [-0.1, -0.05) is 6.42 Å². The maximum Gasteiger partial charge on any atom is 0.333 e. The molecule has 0 aromatic rings. The molecule has 3 aliphatic heterocycles. The summed E-state index contributed by atoms with van der Waals surface area (Å²) in [5.41, 5.74) is 0. The number of carbonyl (C=O) groups is 3. The number of unbranched alkanes of at least 4 members (excludes halogenated alkanes) is 2. The Balaban J connectivity index is 1.37. The second-order valence-corrected chi connectivity index (χ2v) is 11.3. The van der Waals surface area contributed by atoms with Crippen LogP contribution >= 0.6 is 0 Å². The number of aliphatic hydroxyl groups is 2. The minimum Gasteiger partial charge on any atom is -0.390 e. The Labute approximate surface area is 226 Å². The fourth-order valence-electron chi connectivity index (χ4n) is 5.69. The molecule has 0 bridgehead atoms. The van der Waals surface area contributed by atoms with E-state index in [0.717, 1.165) is 64.6 Å². The lowest BCUT2D eigenvalue weighted by molar-refractivity contribution is -0.197. The van der Waals surface area contributed by atoms with Crippen LogP contribution < -0.4 is 0 Å². The molecule has 218 valence electrons. The average Bonchev–Trinajstić information content (AvgIpc) is 3.18. The van der Waals surface area contributed by atoms with Crippen molar-refractivity contribution in [2.45, 2.75) is 140 Å². The van der Waals surface area contributed by atoms with Crippen LogP contribution in [0.5, 0.6) is 0 Å². The maximum absolute atomic E-state index is 12.0. The third kappa shape index (κ3) is 10.2. The van der Waals surface area contributed by atoms with Crippen molar-refractivity contribution in [2.75, 3.05) is 19.6 Å². The molecule has 10 nitrogen and oxygen atoms in total. The highest BCUT2D eigenvalue weighted by Gasteiger charge is 2.35. The zero-order valence-corrected chi connectivity index (χ0v) is 23.2. The smallest absolute Gasteiger partial charge is 0.333 e. The summed E-state index contributed by atoms with van der Waals surface area (Å²) in [5.74, 6) is -1.46. The van der Waals surface area contributed by atoms with Gasteiger partial charge in [-0.3, -0.25) is 9.59 Å². The standard InChI is InChI=1S/C28H48N2O8/c1-20-9-6-10-22(36-20)11-7-17-29(18-8-12-24-28(35)23(31)19-21(2)37-24)16-5-3-4-13-27(34)38-30-25(32)14-15-26(30)33/h20-24,28,31,35H,3-19H2,1-2H3/t20-,21+,22+,23-,24+,28-/m0/s1. The molecule has 0 radical (unpaired) electrons. The van der Waals surface area contributed by atoms with E-state index in [1.807, 2.05) is 6.92 Å². The second kappa shape index (κ2) is 15.9. The number of rotatable bonds is 15. The van der Waals surface area contributed by atoms with Crippen molar-refractivity contribution < 1.29 is 38.9 Å². The molecule has 2 amide bonds. The fourth-order valence-corrected chi connectivity index (χ4v) is 5.69. The van der Waals surface area contributed by atoms with Gasteiger partial charge in [0.25, 0.3) is 11.8 Å². The van der Waals surface area contributed by atoms with Gasteiger partial charge < -0.3 is 29.4 Å². The average molecular weight is 541 g/mol. The predicted octanol–water partition coefficient (Wildman–Crippen LogP) is 2.87. The molecule has 0 saturated carbocycles. The normalized spacial score (nSPS) is 30.3. The zero-order chi connectivity index (χ0) is 27.5. The molecule has 3 saturated heterocycles. The molecule has 0 unspecified atom stereocenters. The molecule has 0 aromatic heterocycles. The third-order valence-electron chi connectivity index (χ3n) is 7.83. The Morgan fingerprint density at radius 3 is 2.32 bits per heavy atom. The van der Waals surface area contributed by atoms with E-state index in [4.69, 9.17) is 14.3 Å². The lowest BCUT2D eigenvalue weighted by Gasteiger charge is -2.36. The summed E-state index contributed by atoms with van der Waals surface area (Å²) < 4.78 is 12.0. The van der Waals surface area contributed by atoms with Crippen molar-refractivity contribution >= 4 is 17.8 Å². The first kappa shape index (κ1) is 30.9. The van der Waals surface area contributed by atoms with E-state index < -0.39 is 30.0 Å². The van der Waals surface area contributed by atoms with E-state index in [9.17, 15) is 24.6 Å². The van der Waals surface area contributed by atoms with Crippen molar-refractivity contribution in [3.05, 3.63) is 0 Å². The van der Waals surface area contributed by atoms with Crippen molar-refractivity contribution in [2.24, 2.45) is 0 Å². The highest BCUT2D eigenvalue weighted by Crippen LogP contribution is 2.24. The minimum atomic E-state index is -0.837. The quantitative estimate of drug-likeness (QED) is 0.238. The van der Waals surface area contributed by atoms with Crippen molar-refractivity contribution in [3.63, 3.8) is 0 Å². The number of nitrogens with zero attached hydrogens (tertiary/aromatic N) is 2. The van der Waals surface area contributed by atoms with Gasteiger partial charge in [-0.15, -0.1) is 5.06 Å². The van der Waals surface area contributed by atoms with Gasteiger partial charge in [-0.05, 0) is 91.3 Å². The molecule has 0 aromatic carbocycles. The molecular formula is C28H48N2O8. The molecule has 0 spiro atoms. The molecule has 3 heterocycles. The second-order valence-electron chi connectivity index (χ2n) is 11.3. The number of hydroxylamine groups is 2. The summed E-state index contributed by atoms with van der Waals surface area (Å²) in [7, 11) is 0. The van der Waals surface area contributed by atoms with Gasteiger partial charge in [0, 0.05) is 25.7 Å². The molecule has 3 fully saturated rings. The Morgan fingerprint density at radius 1 is 0.921 bits per heavy atom. The van der Waals surface area contributed by atoms with E-state index in [1.54, 1.807) is 0 Å². The minimum absolute atomic E-state index is 0.0548. The monoisotopic (exact) mass is 540 g/mol. The highest BCUT2D eigenvalue weighted by atomic mass is 16.7. The van der Waals surface area contributed by atoms with Gasteiger partial charge in [0.15, 0.2) is 0 Å². The van der Waals surface area contributed by atoms with Crippen LogP contribution in [0.25, 0.3) is 0 Å². The number of amides is 2.